The van der Waals surface area contributed by atoms with Crippen molar-refractivity contribution in [3.63, 3.8) is 0 Å². The highest BCUT2D eigenvalue weighted by Gasteiger charge is 2.34. The lowest BCUT2D eigenvalue weighted by Crippen LogP contribution is -2.42. The topological polar surface area (TPSA) is 81.5 Å². The molecular formula is C22H25N3O4S2. The Morgan fingerprint density at radius 1 is 1.23 bits per heavy atom. The van der Waals surface area contributed by atoms with E-state index in [4.69, 9.17) is 9.72 Å². The van der Waals surface area contributed by atoms with Gasteiger partial charge in [0.1, 0.15) is 5.75 Å². The first-order valence-electron chi connectivity index (χ1n) is 10.2. The summed E-state index contributed by atoms with van der Waals surface area (Å²) in [6.45, 7) is 2.38. The number of methoxy groups -OCH3 is 1. The Morgan fingerprint density at radius 2 is 1.97 bits per heavy atom. The monoisotopic (exact) mass is 459 g/mol. The number of carbonyl (C=O) groups is 1. The molecule has 0 radical (unpaired) electrons. The minimum Gasteiger partial charge on any atom is -0.497 e. The summed E-state index contributed by atoms with van der Waals surface area (Å²) >= 11 is 1.37. The van der Waals surface area contributed by atoms with Crippen molar-refractivity contribution in [3.8, 4) is 11.4 Å². The van der Waals surface area contributed by atoms with E-state index >= 15 is 0 Å². The number of carbonyl (C=O) groups excluding carboxylic acids is 1. The molecule has 1 saturated heterocycles. The Balaban J connectivity index is 1.58. The van der Waals surface area contributed by atoms with Crippen LogP contribution in [0.2, 0.25) is 0 Å². The zero-order valence-electron chi connectivity index (χ0n) is 17.5. The molecule has 3 aromatic rings. The van der Waals surface area contributed by atoms with Gasteiger partial charge in [-0.25, -0.2) is 13.4 Å². The molecule has 2 heterocycles. The SMILES string of the molecule is CCN(C(=O)CSc1nc2ccccc2n1-c1ccc(OC)cc1)[C@H]1CCS(=O)(=O)C1. The minimum absolute atomic E-state index is 0.0572. The largest absolute Gasteiger partial charge is 0.497 e. The molecule has 0 saturated carbocycles. The third-order valence-corrected chi connectivity index (χ3v) is 8.17. The van der Waals surface area contributed by atoms with E-state index in [1.807, 2.05) is 60.0 Å². The summed E-state index contributed by atoms with van der Waals surface area (Å²) in [5.41, 5.74) is 2.73. The summed E-state index contributed by atoms with van der Waals surface area (Å²) in [6.07, 6.45) is 0.511. The van der Waals surface area contributed by atoms with Crippen LogP contribution in [0.15, 0.2) is 53.7 Å². The summed E-state index contributed by atoms with van der Waals surface area (Å²) in [4.78, 5) is 19.4. The van der Waals surface area contributed by atoms with Crippen LogP contribution in [0.1, 0.15) is 13.3 Å². The molecule has 1 fully saturated rings. The van der Waals surface area contributed by atoms with Crippen LogP contribution >= 0.6 is 11.8 Å². The quantitative estimate of drug-likeness (QED) is 0.505. The average Bonchev–Trinajstić information content (AvgIpc) is 3.32. The van der Waals surface area contributed by atoms with E-state index in [0.29, 0.717) is 13.0 Å². The maximum atomic E-state index is 12.9. The van der Waals surface area contributed by atoms with Crippen molar-refractivity contribution in [2.75, 3.05) is 30.9 Å². The molecule has 31 heavy (non-hydrogen) atoms. The van der Waals surface area contributed by atoms with Crippen LogP contribution in [-0.4, -0.2) is 65.7 Å². The van der Waals surface area contributed by atoms with Gasteiger partial charge in [0.05, 0.1) is 35.4 Å². The third-order valence-electron chi connectivity index (χ3n) is 5.50. The van der Waals surface area contributed by atoms with Gasteiger partial charge in [-0.2, -0.15) is 0 Å². The molecule has 1 aromatic heterocycles. The van der Waals surface area contributed by atoms with Crippen molar-refractivity contribution in [1.29, 1.82) is 0 Å². The number of fused-ring (bicyclic) bond motifs is 1. The Kier molecular flexibility index (Phi) is 6.24. The lowest BCUT2D eigenvalue weighted by atomic mass is 10.2. The number of sulfone groups is 1. The predicted molar refractivity (Wildman–Crippen MR) is 123 cm³/mol. The first kappa shape index (κ1) is 21.7. The zero-order chi connectivity index (χ0) is 22.0. The number of benzene rings is 2. The van der Waals surface area contributed by atoms with E-state index < -0.39 is 9.84 Å². The Bertz CT molecular complexity index is 1190. The Hall–Kier alpha value is -2.52. The molecule has 4 rings (SSSR count). The van der Waals surface area contributed by atoms with Gasteiger partial charge in [0.2, 0.25) is 5.91 Å². The smallest absolute Gasteiger partial charge is 0.233 e. The standard InChI is InChI=1S/C22H25N3O4S2/c1-3-24(17-12-13-31(27,28)15-17)21(26)14-30-22-23-19-6-4-5-7-20(19)25(22)16-8-10-18(29-2)11-9-16/h4-11,17H,3,12-15H2,1-2H3/t17-/m0/s1. The van der Waals surface area contributed by atoms with Gasteiger partial charge in [-0.3, -0.25) is 9.36 Å². The minimum atomic E-state index is -3.04. The number of aromatic nitrogens is 2. The molecule has 0 aliphatic carbocycles. The second-order valence-corrected chi connectivity index (χ2v) is 10.6. The molecule has 7 nitrogen and oxygen atoms in total. The van der Waals surface area contributed by atoms with Crippen LogP contribution in [0, 0.1) is 0 Å². The van der Waals surface area contributed by atoms with Crippen LogP contribution in [0.5, 0.6) is 5.75 Å². The number of imidazole rings is 1. The van der Waals surface area contributed by atoms with Crippen LogP contribution in [0.3, 0.4) is 0 Å². The van der Waals surface area contributed by atoms with Crippen LogP contribution < -0.4 is 4.74 Å². The number of para-hydroxylation sites is 2. The van der Waals surface area contributed by atoms with Gasteiger partial charge < -0.3 is 9.64 Å². The van der Waals surface area contributed by atoms with E-state index in [1.165, 1.54) is 11.8 Å². The maximum absolute atomic E-state index is 12.9. The molecule has 9 heteroatoms. The number of ether oxygens (including phenoxy) is 1. The molecular weight excluding hydrogens is 434 g/mol. The highest BCUT2D eigenvalue weighted by Crippen LogP contribution is 2.29. The van der Waals surface area contributed by atoms with Crippen molar-refractivity contribution >= 4 is 38.5 Å². The number of nitrogens with zero attached hydrogens (tertiary/aromatic N) is 3. The molecule has 0 unspecified atom stereocenters. The van der Waals surface area contributed by atoms with Crippen molar-refractivity contribution in [1.82, 2.24) is 14.5 Å². The van der Waals surface area contributed by atoms with Crippen LogP contribution in [0.25, 0.3) is 16.7 Å². The van der Waals surface area contributed by atoms with Gasteiger partial charge in [0, 0.05) is 18.3 Å². The van der Waals surface area contributed by atoms with Crippen LogP contribution in [0.4, 0.5) is 0 Å². The molecule has 164 valence electrons. The highest BCUT2D eigenvalue weighted by atomic mass is 32.2. The molecule has 2 aromatic carbocycles. The van der Waals surface area contributed by atoms with E-state index in [-0.39, 0.29) is 29.2 Å². The number of amides is 1. The Labute approximate surface area is 186 Å². The van der Waals surface area contributed by atoms with Gasteiger partial charge >= 0.3 is 0 Å². The fourth-order valence-corrected chi connectivity index (χ4v) is 6.59. The molecule has 1 amide bonds. The molecule has 1 atom stereocenters. The first-order chi connectivity index (χ1) is 14.9. The normalized spacial score (nSPS) is 17.7. The summed E-state index contributed by atoms with van der Waals surface area (Å²) in [6, 6.07) is 15.3. The van der Waals surface area contributed by atoms with E-state index in [2.05, 4.69) is 0 Å². The van der Waals surface area contributed by atoms with Gasteiger partial charge in [-0.1, -0.05) is 23.9 Å². The number of hydrogen-bond acceptors (Lipinski definition) is 6. The summed E-state index contributed by atoms with van der Waals surface area (Å²) in [7, 11) is -1.42. The Morgan fingerprint density at radius 3 is 2.61 bits per heavy atom. The fourth-order valence-electron chi connectivity index (χ4n) is 3.95. The van der Waals surface area contributed by atoms with E-state index in [1.54, 1.807) is 12.0 Å². The van der Waals surface area contributed by atoms with Crippen LogP contribution in [-0.2, 0) is 14.6 Å². The lowest BCUT2D eigenvalue weighted by molar-refractivity contribution is -0.129. The van der Waals surface area contributed by atoms with Gasteiger partial charge in [-0.05, 0) is 49.7 Å². The van der Waals surface area contributed by atoms with Crippen molar-refractivity contribution in [3.05, 3.63) is 48.5 Å². The molecule has 0 N–H and O–H groups in total. The first-order valence-corrected chi connectivity index (χ1v) is 13.0. The predicted octanol–water partition coefficient (Wildman–Crippen LogP) is 3.16. The lowest BCUT2D eigenvalue weighted by Gasteiger charge is -2.26. The van der Waals surface area contributed by atoms with Crippen molar-refractivity contribution < 1.29 is 17.9 Å². The number of hydrogen-bond donors (Lipinski definition) is 0. The van der Waals surface area contributed by atoms with E-state index in [0.717, 1.165) is 27.6 Å². The van der Waals surface area contributed by atoms with E-state index in [9.17, 15) is 13.2 Å². The summed E-state index contributed by atoms with van der Waals surface area (Å²) in [5.74, 6) is 1.11. The number of rotatable bonds is 7. The van der Waals surface area contributed by atoms with Crippen molar-refractivity contribution in [2.24, 2.45) is 0 Å². The molecule has 0 spiro atoms. The van der Waals surface area contributed by atoms with Gasteiger partial charge in [0.25, 0.3) is 0 Å². The molecule has 1 aliphatic rings. The second-order valence-electron chi connectivity index (χ2n) is 7.44. The van der Waals surface area contributed by atoms with Gasteiger partial charge in [-0.15, -0.1) is 0 Å². The van der Waals surface area contributed by atoms with Crippen molar-refractivity contribution in [2.45, 2.75) is 24.5 Å². The fraction of sp³-hybridized carbons (Fsp3) is 0.364. The molecule has 0 bridgehead atoms. The summed E-state index contributed by atoms with van der Waals surface area (Å²) in [5, 5.41) is 0.717. The van der Waals surface area contributed by atoms with Gasteiger partial charge in [0.15, 0.2) is 15.0 Å². The third kappa shape index (κ3) is 4.57. The zero-order valence-corrected chi connectivity index (χ0v) is 19.2. The highest BCUT2D eigenvalue weighted by molar-refractivity contribution is 7.99. The summed E-state index contributed by atoms with van der Waals surface area (Å²) < 4.78 is 31.0. The second kappa shape index (κ2) is 8.92. The number of thioether (sulfide) groups is 1. The maximum Gasteiger partial charge on any atom is 0.233 e. The average molecular weight is 460 g/mol. The molecule has 1 aliphatic heterocycles.